The maximum Gasteiger partial charge on any atom is 0.241 e. The summed E-state index contributed by atoms with van der Waals surface area (Å²) in [7, 11) is 3.45. The molecule has 1 saturated heterocycles. The van der Waals surface area contributed by atoms with E-state index in [-0.39, 0.29) is 18.4 Å². The van der Waals surface area contributed by atoms with Gasteiger partial charge in [-0.1, -0.05) is 13.3 Å². The molecule has 116 valence electrons. The molecule has 1 rings (SSSR count). The highest BCUT2D eigenvalue weighted by Gasteiger charge is 2.19. The van der Waals surface area contributed by atoms with Gasteiger partial charge >= 0.3 is 0 Å². The monoisotopic (exact) mass is 283 g/mol. The number of rotatable bonds is 7. The Hall–Kier alpha value is -1.10. The van der Waals surface area contributed by atoms with Gasteiger partial charge in [-0.25, -0.2) is 0 Å². The van der Waals surface area contributed by atoms with Gasteiger partial charge in [-0.2, -0.15) is 0 Å². The van der Waals surface area contributed by atoms with Gasteiger partial charge in [0.05, 0.1) is 6.54 Å². The molecule has 0 aromatic heterocycles. The van der Waals surface area contributed by atoms with Gasteiger partial charge in [0, 0.05) is 33.1 Å². The molecule has 5 nitrogen and oxygen atoms in total. The average Bonchev–Trinajstić information content (AvgIpc) is 2.45. The predicted molar refractivity (Wildman–Crippen MR) is 80.4 cm³/mol. The maximum absolute atomic E-state index is 12.3. The number of carbonyl (C=O) groups excluding carboxylic acids is 2. The number of nitrogens with one attached hydrogen (secondary N) is 1. The summed E-state index contributed by atoms with van der Waals surface area (Å²) in [5.41, 5.74) is 0. The highest BCUT2D eigenvalue weighted by atomic mass is 16.2. The normalized spacial score (nSPS) is 18.6. The van der Waals surface area contributed by atoms with E-state index in [0.717, 1.165) is 25.8 Å². The topological polar surface area (TPSA) is 52.7 Å². The molecule has 0 spiro atoms. The van der Waals surface area contributed by atoms with Crippen LogP contribution in [0.2, 0.25) is 0 Å². The van der Waals surface area contributed by atoms with Gasteiger partial charge in [-0.05, 0) is 32.2 Å². The third-order valence-electron chi connectivity index (χ3n) is 3.79. The van der Waals surface area contributed by atoms with E-state index in [1.807, 2.05) is 6.92 Å². The van der Waals surface area contributed by atoms with E-state index < -0.39 is 0 Å². The third kappa shape index (κ3) is 5.90. The zero-order valence-electron chi connectivity index (χ0n) is 13.2. The Bertz CT molecular complexity index is 312. The molecule has 5 heteroatoms. The Morgan fingerprint density at radius 1 is 1.20 bits per heavy atom. The Balaban J connectivity index is 2.40. The Labute approximate surface area is 122 Å². The maximum atomic E-state index is 12.3. The third-order valence-corrected chi connectivity index (χ3v) is 3.79. The number of hydrogen-bond donors (Lipinski definition) is 1. The predicted octanol–water partition coefficient (Wildman–Crippen LogP) is 1.24. The van der Waals surface area contributed by atoms with Crippen LogP contribution in [-0.4, -0.2) is 61.4 Å². The van der Waals surface area contributed by atoms with Crippen molar-refractivity contribution in [2.24, 2.45) is 0 Å². The Morgan fingerprint density at radius 3 is 2.50 bits per heavy atom. The molecule has 1 heterocycles. The largest absolute Gasteiger partial charge is 0.347 e. The molecule has 0 saturated carbocycles. The molecular weight excluding hydrogens is 254 g/mol. The molecule has 0 radical (unpaired) electrons. The van der Waals surface area contributed by atoms with Crippen molar-refractivity contribution in [3.05, 3.63) is 0 Å². The van der Waals surface area contributed by atoms with Crippen LogP contribution in [0.4, 0.5) is 0 Å². The number of piperidine rings is 1. The molecule has 0 aromatic carbocycles. The number of nitrogens with zero attached hydrogens (tertiary/aromatic N) is 2. The standard InChI is InChI=1S/C15H29N3O2/c1-4-11-18(12-15(20)17(2)3)14(19)9-8-13-7-5-6-10-16-13/h13,16H,4-12H2,1-3H3. The summed E-state index contributed by atoms with van der Waals surface area (Å²) in [6.07, 6.45) is 5.97. The van der Waals surface area contributed by atoms with E-state index in [4.69, 9.17) is 0 Å². The van der Waals surface area contributed by atoms with Crippen molar-refractivity contribution in [2.75, 3.05) is 33.7 Å². The summed E-state index contributed by atoms with van der Waals surface area (Å²) in [4.78, 5) is 27.3. The molecule has 0 aromatic rings. The second kappa shape index (κ2) is 8.95. The lowest BCUT2D eigenvalue weighted by molar-refractivity contribution is -0.139. The van der Waals surface area contributed by atoms with Gasteiger partial charge in [0.1, 0.15) is 0 Å². The zero-order valence-corrected chi connectivity index (χ0v) is 13.2. The molecule has 0 aliphatic carbocycles. The smallest absolute Gasteiger partial charge is 0.241 e. The van der Waals surface area contributed by atoms with Crippen molar-refractivity contribution in [2.45, 2.75) is 51.5 Å². The quantitative estimate of drug-likeness (QED) is 0.765. The Kier molecular flexibility index (Phi) is 7.59. The second-order valence-corrected chi connectivity index (χ2v) is 5.79. The zero-order chi connectivity index (χ0) is 15.0. The van der Waals surface area contributed by atoms with E-state index in [2.05, 4.69) is 5.32 Å². The van der Waals surface area contributed by atoms with Crippen molar-refractivity contribution >= 4 is 11.8 Å². The SMILES string of the molecule is CCCN(CC(=O)N(C)C)C(=O)CCC1CCCCN1. The van der Waals surface area contributed by atoms with Gasteiger partial charge in [0.15, 0.2) is 0 Å². The first-order chi connectivity index (χ1) is 9.54. The van der Waals surface area contributed by atoms with Crippen LogP contribution in [0.3, 0.4) is 0 Å². The summed E-state index contributed by atoms with van der Waals surface area (Å²) < 4.78 is 0. The molecular formula is C15H29N3O2. The van der Waals surface area contributed by atoms with E-state index in [1.165, 1.54) is 12.8 Å². The van der Waals surface area contributed by atoms with Crippen LogP contribution in [0, 0.1) is 0 Å². The molecule has 20 heavy (non-hydrogen) atoms. The lowest BCUT2D eigenvalue weighted by Crippen LogP contribution is -2.41. The van der Waals surface area contributed by atoms with Crippen LogP contribution in [0.5, 0.6) is 0 Å². The fraction of sp³-hybridized carbons (Fsp3) is 0.867. The van der Waals surface area contributed by atoms with Crippen molar-refractivity contribution in [3.63, 3.8) is 0 Å². The van der Waals surface area contributed by atoms with Crippen molar-refractivity contribution < 1.29 is 9.59 Å². The number of likely N-dealkylation sites (N-methyl/N-ethyl adjacent to an activating group) is 1. The minimum absolute atomic E-state index is 0.0115. The first-order valence-corrected chi connectivity index (χ1v) is 7.76. The molecule has 2 amide bonds. The average molecular weight is 283 g/mol. The summed E-state index contributed by atoms with van der Waals surface area (Å²) in [6.45, 7) is 3.97. The van der Waals surface area contributed by atoms with Gasteiger partial charge in [0.25, 0.3) is 0 Å². The van der Waals surface area contributed by atoms with Crippen LogP contribution in [0.15, 0.2) is 0 Å². The molecule has 1 aliphatic heterocycles. The van der Waals surface area contributed by atoms with Gasteiger partial charge in [-0.15, -0.1) is 0 Å². The van der Waals surface area contributed by atoms with Gasteiger partial charge in [-0.3, -0.25) is 9.59 Å². The number of carbonyl (C=O) groups is 2. The molecule has 1 N–H and O–H groups in total. The lowest BCUT2D eigenvalue weighted by atomic mass is 10.0. The van der Waals surface area contributed by atoms with E-state index in [0.29, 0.717) is 19.0 Å². The van der Waals surface area contributed by atoms with Crippen LogP contribution in [0.25, 0.3) is 0 Å². The Morgan fingerprint density at radius 2 is 1.95 bits per heavy atom. The highest BCUT2D eigenvalue weighted by molar-refractivity contribution is 5.84. The molecule has 0 bridgehead atoms. The minimum atomic E-state index is -0.0115. The van der Waals surface area contributed by atoms with Crippen LogP contribution in [-0.2, 0) is 9.59 Å². The first-order valence-electron chi connectivity index (χ1n) is 7.76. The van der Waals surface area contributed by atoms with E-state index in [1.54, 1.807) is 23.9 Å². The summed E-state index contributed by atoms with van der Waals surface area (Å²) in [6, 6.07) is 0.473. The summed E-state index contributed by atoms with van der Waals surface area (Å²) in [5, 5.41) is 3.46. The number of hydrogen-bond acceptors (Lipinski definition) is 3. The fourth-order valence-electron chi connectivity index (χ4n) is 2.49. The van der Waals surface area contributed by atoms with Crippen LogP contribution >= 0.6 is 0 Å². The second-order valence-electron chi connectivity index (χ2n) is 5.79. The lowest BCUT2D eigenvalue weighted by Gasteiger charge is -2.26. The van der Waals surface area contributed by atoms with Gasteiger partial charge in [0.2, 0.25) is 11.8 Å². The van der Waals surface area contributed by atoms with Gasteiger partial charge < -0.3 is 15.1 Å². The first kappa shape index (κ1) is 17.0. The summed E-state index contributed by atoms with van der Waals surface area (Å²) in [5.74, 6) is 0.0945. The molecule has 1 atom stereocenters. The summed E-state index contributed by atoms with van der Waals surface area (Å²) >= 11 is 0. The van der Waals surface area contributed by atoms with Crippen molar-refractivity contribution in [1.82, 2.24) is 15.1 Å². The van der Waals surface area contributed by atoms with Crippen LogP contribution < -0.4 is 5.32 Å². The fourth-order valence-corrected chi connectivity index (χ4v) is 2.49. The molecule has 1 aliphatic rings. The van der Waals surface area contributed by atoms with Crippen molar-refractivity contribution in [3.8, 4) is 0 Å². The molecule has 1 unspecified atom stereocenters. The van der Waals surface area contributed by atoms with E-state index >= 15 is 0 Å². The van der Waals surface area contributed by atoms with E-state index in [9.17, 15) is 9.59 Å². The minimum Gasteiger partial charge on any atom is -0.347 e. The number of amides is 2. The molecule has 1 fully saturated rings. The van der Waals surface area contributed by atoms with Crippen LogP contribution in [0.1, 0.15) is 45.4 Å². The highest BCUT2D eigenvalue weighted by Crippen LogP contribution is 2.12. The van der Waals surface area contributed by atoms with Crippen molar-refractivity contribution in [1.29, 1.82) is 0 Å².